The molecular weight excluding hydrogens is 563 g/mol. The van der Waals surface area contributed by atoms with Crippen LogP contribution in [0.4, 0.5) is 13.2 Å². The van der Waals surface area contributed by atoms with E-state index in [2.05, 4.69) is 15.6 Å². The largest absolute Gasteiger partial charge is 0.416 e. The predicted molar refractivity (Wildman–Crippen MR) is 145 cm³/mol. The van der Waals surface area contributed by atoms with Crippen molar-refractivity contribution in [3.05, 3.63) is 75.2 Å². The van der Waals surface area contributed by atoms with Crippen molar-refractivity contribution in [3.63, 3.8) is 0 Å². The number of alkyl halides is 3. The first-order valence-corrected chi connectivity index (χ1v) is 14.1. The molecule has 2 aliphatic heterocycles. The van der Waals surface area contributed by atoms with Crippen LogP contribution in [0.15, 0.2) is 46.8 Å². The molecule has 1 fully saturated rings. The first-order chi connectivity index (χ1) is 19.1. The standard InChI is InChI=1S/C27H28F3N5O5S/c1-16-12-19(24(37)32-15-22(31)36)13-17(2)21(16)6-11-41(39,40)35-9-7-26(8-10-35)25(38)33-23(34-26)18-4-3-5-20(14-18)27(28,29)30/h3-6,11-14H,7-10,15H2,1-2H3,(H2,31,36)(H,32,37)(H,33,34,38)/b11-6+. The number of primary amides is 1. The molecule has 4 rings (SSSR count). The number of amidine groups is 1. The first kappa shape index (κ1) is 29.9. The van der Waals surface area contributed by atoms with Crippen molar-refractivity contribution in [3.8, 4) is 0 Å². The SMILES string of the molecule is Cc1cc(C(=O)NCC(N)=O)cc(C)c1/C=C/S(=O)(=O)N1CCC2(CC1)N=C(c1cccc(C(F)(F)F)c1)NC2=O. The van der Waals surface area contributed by atoms with E-state index in [0.29, 0.717) is 22.3 Å². The summed E-state index contributed by atoms with van der Waals surface area (Å²) in [4.78, 5) is 40.4. The number of carbonyl (C=O) groups excluding carboxylic acids is 3. The highest BCUT2D eigenvalue weighted by Crippen LogP contribution is 2.34. The van der Waals surface area contributed by atoms with Gasteiger partial charge in [-0.2, -0.15) is 17.5 Å². The zero-order chi connectivity index (χ0) is 30.2. The van der Waals surface area contributed by atoms with Crippen molar-refractivity contribution in [1.82, 2.24) is 14.9 Å². The molecular formula is C27H28F3N5O5S. The van der Waals surface area contributed by atoms with Crippen LogP contribution in [0.2, 0.25) is 0 Å². The number of nitrogens with two attached hydrogens (primary N) is 1. The number of amides is 3. The Morgan fingerprint density at radius 3 is 2.37 bits per heavy atom. The van der Waals surface area contributed by atoms with Gasteiger partial charge in [0.2, 0.25) is 15.9 Å². The van der Waals surface area contributed by atoms with Gasteiger partial charge >= 0.3 is 6.18 Å². The fraction of sp³-hybridized carbons (Fsp3) is 0.333. The van der Waals surface area contributed by atoms with E-state index in [0.717, 1.165) is 17.5 Å². The van der Waals surface area contributed by atoms with Gasteiger partial charge in [-0.05, 0) is 73.7 Å². The van der Waals surface area contributed by atoms with Crippen molar-refractivity contribution in [2.45, 2.75) is 38.4 Å². The van der Waals surface area contributed by atoms with Crippen molar-refractivity contribution in [2.75, 3.05) is 19.6 Å². The third kappa shape index (κ3) is 6.49. The third-order valence-corrected chi connectivity index (χ3v) is 8.60. The van der Waals surface area contributed by atoms with Gasteiger partial charge in [0.15, 0.2) is 0 Å². The molecule has 0 unspecified atom stereocenters. The summed E-state index contributed by atoms with van der Waals surface area (Å²) in [5.74, 6) is -1.63. The summed E-state index contributed by atoms with van der Waals surface area (Å²) in [7, 11) is -3.89. The highest BCUT2D eigenvalue weighted by atomic mass is 32.2. The van der Waals surface area contributed by atoms with Crippen LogP contribution in [0.25, 0.3) is 6.08 Å². The van der Waals surface area contributed by atoms with Crippen LogP contribution in [-0.4, -0.2) is 61.5 Å². The zero-order valence-corrected chi connectivity index (χ0v) is 23.0. The van der Waals surface area contributed by atoms with Crippen LogP contribution >= 0.6 is 0 Å². The van der Waals surface area contributed by atoms with Crippen LogP contribution < -0.4 is 16.4 Å². The molecule has 0 radical (unpaired) electrons. The minimum absolute atomic E-state index is 0.0175. The van der Waals surface area contributed by atoms with Crippen molar-refractivity contribution in [1.29, 1.82) is 0 Å². The molecule has 2 aliphatic rings. The lowest BCUT2D eigenvalue weighted by molar-refractivity contribution is -0.137. The summed E-state index contributed by atoms with van der Waals surface area (Å²) < 4.78 is 66.8. The fourth-order valence-electron chi connectivity index (χ4n) is 4.82. The maximum atomic E-state index is 13.1. The number of hydrogen-bond donors (Lipinski definition) is 3. The topological polar surface area (TPSA) is 151 Å². The number of benzene rings is 2. The molecule has 0 aliphatic carbocycles. The van der Waals surface area contributed by atoms with Gasteiger partial charge in [0.1, 0.15) is 11.4 Å². The summed E-state index contributed by atoms with van der Waals surface area (Å²) in [6.45, 7) is 3.08. The number of nitrogens with one attached hydrogen (secondary N) is 2. The summed E-state index contributed by atoms with van der Waals surface area (Å²) in [6, 6.07) is 7.62. The molecule has 1 saturated heterocycles. The number of aliphatic imine (C=N–C) groups is 1. The lowest BCUT2D eigenvalue weighted by Crippen LogP contribution is -2.50. The van der Waals surface area contributed by atoms with E-state index in [1.165, 1.54) is 22.5 Å². The highest BCUT2D eigenvalue weighted by Gasteiger charge is 2.47. The Kier molecular flexibility index (Phi) is 8.09. The van der Waals surface area contributed by atoms with Gasteiger partial charge in [-0.3, -0.25) is 19.4 Å². The predicted octanol–water partition coefficient (Wildman–Crippen LogP) is 2.25. The van der Waals surface area contributed by atoms with E-state index < -0.39 is 45.0 Å². The molecule has 2 aromatic carbocycles. The lowest BCUT2D eigenvalue weighted by atomic mass is 9.89. The maximum Gasteiger partial charge on any atom is 0.416 e. The Morgan fingerprint density at radius 2 is 1.78 bits per heavy atom. The summed E-state index contributed by atoms with van der Waals surface area (Å²) in [5, 5.41) is 6.01. The summed E-state index contributed by atoms with van der Waals surface area (Å²) >= 11 is 0. The Labute approximate surface area is 234 Å². The molecule has 0 aromatic heterocycles. The molecule has 3 amide bonds. The van der Waals surface area contributed by atoms with Crippen LogP contribution in [0.1, 0.15) is 51.0 Å². The van der Waals surface area contributed by atoms with Gasteiger partial charge in [-0.25, -0.2) is 8.42 Å². The molecule has 1 spiro atoms. The second-order valence-corrected chi connectivity index (χ2v) is 11.8. The van der Waals surface area contributed by atoms with E-state index in [-0.39, 0.29) is 43.9 Å². The molecule has 0 saturated carbocycles. The molecule has 41 heavy (non-hydrogen) atoms. The molecule has 0 atom stereocenters. The first-order valence-electron chi connectivity index (χ1n) is 12.6. The third-order valence-electron chi connectivity index (χ3n) is 7.04. The molecule has 0 bridgehead atoms. The monoisotopic (exact) mass is 591 g/mol. The van der Waals surface area contributed by atoms with E-state index in [1.54, 1.807) is 26.0 Å². The Morgan fingerprint density at radius 1 is 1.15 bits per heavy atom. The second kappa shape index (κ2) is 11.1. The Hall–Kier alpha value is -4.04. The van der Waals surface area contributed by atoms with Crippen LogP contribution in [0, 0.1) is 13.8 Å². The maximum absolute atomic E-state index is 13.1. The van der Waals surface area contributed by atoms with Gasteiger partial charge in [0.25, 0.3) is 11.8 Å². The number of piperidine rings is 1. The number of hydrogen-bond acceptors (Lipinski definition) is 6. The summed E-state index contributed by atoms with van der Waals surface area (Å²) in [6.07, 6.45) is -3.01. The van der Waals surface area contributed by atoms with Crippen molar-refractivity contribution in [2.24, 2.45) is 10.7 Å². The van der Waals surface area contributed by atoms with E-state index >= 15 is 0 Å². The fourth-order valence-corrected chi connectivity index (χ4v) is 6.00. The zero-order valence-electron chi connectivity index (χ0n) is 22.2. The molecule has 14 heteroatoms. The average molecular weight is 592 g/mol. The molecule has 4 N–H and O–H groups in total. The van der Waals surface area contributed by atoms with Gasteiger partial charge in [-0.15, -0.1) is 0 Å². The highest BCUT2D eigenvalue weighted by molar-refractivity contribution is 7.92. The molecule has 10 nitrogen and oxygen atoms in total. The Balaban J connectivity index is 1.46. The second-order valence-electron chi connectivity index (χ2n) is 9.94. The van der Waals surface area contributed by atoms with Crippen LogP contribution in [0.5, 0.6) is 0 Å². The number of aryl methyl sites for hydroxylation is 2. The quantitative estimate of drug-likeness (QED) is 0.451. The Bertz CT molecular complexity index is 1550. The van der Waals surface area contributed by atoms with E-state index in [1.807, 2.05) is 0 Å². The van der Waals surface area contributed by atoms with E-state index in [9.17, 15) is 36.0 Å². The average Bonchev–Trinajstić information content (AvgIpc) is 3.21. The minimum atomic E-state index is -4.55. The number of carbonyl (C=O) groups is 3. The molecule has 218 valence electrons. The molecule has 2 heterocycles. The van der Waals surface area contributed by atoms with Gasteiger partial charge in [-0.1, -0.05) is 12.1 Å². The van der Waals surface area contributed by atoms with Crippen molar-refractivity contribution < 1.29 is 36.0 Å². The van der Waals surface area contributed by atoms with Crippen molar-refractivity contribution >= 4 is 39.7 Å². The summed E-state index contributed by atoms with van der Waals surface area (Å²) in [5.41, 5.74) is 5.19. The van der Waals surface area contributed by atoms with Crippen LogP contribution in [-0.2, 0) is 25.8 Å². The number of halogens is 3. The number of sulfonamides is 1. The molecule has 2 aromatic rings. The minimum Gasteiger partial charge on any atom is -0.368 e. The normalized spacial score (nSPS) is 17.5. The van der Waals surface area contributed by atoms with Gasteiger partial charge in [0.05, 0.1) is 12.1 Å². The van der Waals surface area contributed by atoms with Gasteiger partial charge < -0.3 is 16.4 Å². The number of rotatable bonds is 7. The van der Waals surface area contributed by atoms with E-state index in [4.69, 9.17) is 5.73 Å². The van der Waals surface area contributed by atoms with Gasteiger partial charge in [0, 0.05) is 29.6 Å². The smallest absolute Gasteiger partial charge is 0.368 e. The van der Waals surface area contributed by atoms with Crippen LogP contribution in [0.3, 0.4) is 0 Å². The lowest BCUT2D eigenvalue weighted by Gasteiger charge is -2.34. The number of nitrogens with zero attached hydrogens (tertiary/aromatic N) is 2.